The van der Waals surface area contributed by atoms with Crippen molar-refractivity contribution >= 4 is 11.7 Å². The molecule has 1 aliphatic rings. The number of allylic oxidation sites excluding steroid dienone is 2. The molecule has 0 aliphatic carbocycles. The summed E-state index contributed by atoms with van der Waals surface area (Å²) in [5.74, 6) is 1.46. The summed E-state index contributed by atoms with van der Waals surface area (Å²) in [7, 11) is 0. The maximum Gasteiger partial charge on any atom is 0.217 e. The fraction of sp³-hybridized carbons (Fsp3) is 0.857. The third kappa shape index (κ3) is 13.4. The van der Waals surface area contributed by atoms with Crippen molar-refractivity contribution in [1.29, 1.82) is 0 Å². The molecule has 0 spiro atoms. The van der Waals surface area contributed by atoms with Gasteiger partial charge in [0.2, 0.25) is 5.91 Å². The monoisotopic (exact) mass is 448 g/mol. The summed E-state index contributed by atoms with van der Waals surface area (Å²) in [6.07, 6.45) is 26.3. The first kappa shape index (κ1) is 28.9. The second-order valence-corrected chi connectivity index (χ2v) is 9.73. The molecule has 1 unspecified atom stereocenters. The van der Waals surface area contributed by atoms with Gasteiger partial charge in [-0.25, -0.2) is 4.99 Å². The van der Waals surface area contributed by atoms with Crippen LogP contribution in [0.1, 0.15) is 124 Å². The molecule has 0 fully saturated rings. The predicted molar refractivity (Wildman–Crippen MR) is 140 cm³/mol. The molecule has 1 aliphatic heterocycles. The van der Waals surface area contributed by atoms with Crippen molar-refractivity contribution in [2.24, 2.45) is 4.99 Å². The Kier molecular flexibility index (Phi) is 17.4. The molecule has 1 N–H and O–H groups in total. The average molecular weight is 449 g/mol. The standard InChI is InChI=1S/C28H53N3O/c1-4-6-7-8-9-10-11-12-13-14-15-16-17-18-19-20-21-22-28-30-24-26-31(28,5-2)25-23-29-27(3)32/h8-9H,4-7,10-26H2,1-3H3/p+1/b9-8+. The average Bonchev–Trinajstić information content (AvgIpc) is 3.18. The molecule has 0 bridgehead atoms. The summed E-state index contributed by atoms with van der Waals surface area (Å²) in [5.41, 5.74) is 0. The van der Waals surface area contributed by atoms with E-state index in [1.165, 1.54) is 102 Å². The van der Waals surface area contributed by atoms with E-state index < -0.39 is 0 Å². The molecule has 1 amide bonds. The van der Waals surface area contributed by atoms with Gasteiger partial charge in [0.1, 0.15) is 13.1 Å². The predicted octanol–water partition coefficient (Wildman–Crippen LogP) is 7.19. The molecule has 4 nitrogen and oxygen atoms in total. The zero-order valence-corrected chi connectivity index (χ0v) is 21.8. The van der Waals surface area contributed by atoms with Crippen LogP contribution in [0.4, 0.5) is 0 Å². The lowest BCUT2D eigenvalue weighted by molar-refractivity contribution is -0.833. The van der Waals surface area contributed by atoms with Crippen LogP contribution in [0, 0.1) is 0 Å². The molecule has 1 heterocycles. The van der Waals surface area contributed by atoms with Gasteiger partial charge < -0.3 is 5.32 Å². The van der Waals surface area contributed by atoms with Gasteiger partial charge in [-0.1, -0.05) is 89.7 Å². The third-order valence-electron chi connectivity index (χ3n) is 7.05. The van der Waals surface area contributed by atoms with Crippen molar-refractivity contribution in [2.75, 3.05) is 32.7 Å². The second-order valence-electron chi connectivity index (χ2n) is 9.73. The number of likely N-dealkylation sites (N-methyl/N-ethyl adjacent to an activating group) is 1. The topological polar surface area (TPSA) is 41.5 Å². The van der Waals surface area contributed by atoms with E-state index >= 15 is 0 Å². The Bertz CT molecular complexity index is 529. The Hall–Kier alpha value is -1.16. The van der Waals surface area contributed by atoms with Crippen LogP contribution in [0.25, 0.3) is 0 Å². The highest BCUT2D eigenvalue weighted by atomic mass is 16.1. The number of aliphatic imine (C=N–C) groups is 1. The molecule has 0 saturated heterocycles. The van der Waals surface area contributed by atoms with Crippen LogP contribution in [0.2, 0.25) is 0 Å². The third-order valence-corrected chi connectivity index (χ3v) is 7.05. The van der Waals surface area contributed by atoms with Crippen LogP contribution >= 0.6 is 0 Å². The highest BCUT2D eigenvalue weighted by Gasteiger charge is 2.35. The maximum atomic E-state index is 11.2. The van der Waals surface area contributed by atoms with Crippen molar-refractivity contribution in [3.8, 4) is 0 Å². The quantitative estimate of drug-likeness (QED) is 0.113. The number of hydrogen-bond donors (Lipinski definition) is 1. The number of carbonyl (C=O) groups excluding carboxylic acids is 1. The molecule has 0 aromatic heterocycles. The number of quaternary nitrogens is 1. The minimum absolute atomic E-state index is 0.0718. The first-order valence-corrected chi connectivity index (χ1v) is 13.9. The van der Waals surface area contributed by atoms with Crippen LogP contribution in [0.3, 0.4) is 0 Å². The summed E-state index contributed by atoms with van der Waals surface area (Å²) in [4.78, 5) is 16.0. The highest BCUT2D eigenvalue weighted by molar-refractivity contribution is 5.77. The molecule has 4 heteroatoms. The van der Waals surface area contributed by atoms with Crippen LogP contribution in [-0.4, -0.2) is 48.9 Å². The molecular formula is C28H54N3O+. The summed E-state index contributed by atoms with van der Waals surface area (Å²) in [6.45, 7) is 11.0. The summed E-state index contributed by atoms with van der Waals surface area (Å²) >= 11 is 0. The Morgan fingerprint density at radius 1 is 0.875 bits per heavy atom. The number of nitrogens with one attached hydrogen (secondary N) is 1. The van der Waals surface area contributed by atoms with E-state index in [1.807, 2.05) is 0 Å². The number of carbonyl (C=O) groups is 1. The molecule has 1 rings (SSSR count). The zero-order chi connectivity index (χ0) is 23.3. The highest BCUT2D eigenvalue weighted by Crippen LogP contribution is 2.20. The fourth-order valence-corrected chi connectivity index (χ4v) is 4.85. The number of nitrogens with zero attached hydrogens (tertiary/aromatic N) is 2. The lowest BCUT2D eigenvalue weighted by Crippen LogP contribution is -2.54. The summed E-state index contributed by atoms with van der Waals surface area (Å²) in [6, 6.07) is 0. The van der Waals surface area contributed by atoms with E-state index in [-0.39, 0.29) is 5.91 Å². The van der Waals surface area contributed by atoms with Crippen molar-refractivity contribution in [2.45, 2.75) is 124 Å². The van der Waals surface area contributed by atoms with Gasteiger partial charge in [-0.05, 0) is 32.6 Å². The molecule has 0 aromatic carbocycles. The second kappa shape index (κ2) is 19.3. The van der Waals surface area contributed by atoms with E-state index in [0.29, 0.717) is 0 Å². The zero-order valence-electron chi connectivity index (χ0n) is 21.8. The Morgan fingerprint density at radius 2 is 1.44 bits per heavy atom. The molecule has 32 heavy (non-hydrogen) atoms. The maximum absolute atomic E-state index is 11.2. The molecule has 0 aromatic rings. The molecule has 0 radical (unpaired) electrons. The van der Waals surface area contributed by atoms with Crippen molar-refractivity contribution < 1.29 is 9.28 Å². The lowest BCUT2D eigenvalue weighted by Gasteiger charge is -2.33. The van der Waals surface area contributed by atoms with Gasteiger partial charge in [0.15, 0.2) is 5.84 Å². The van der Waals surface area contributed by atoms with Crippen molar-refractivity contribution in [3.05, 3.63) is 12.2 Å². The minimum atomic E-state index is 0.0718. The van der Waals surface area contributed by atoms with E-state index in [1.54, 1.807) is 6.92 Å². The Labute approximate surface area is 199 Å². The SMILES string of the molecule is CCCC/C=C/CCCCCCCCCCCCCC1=NCC[N+]1(CC)CCNC(C)=O. The van der Waals surface area contributed by atoms with Gasteiger partial charge >= 0.3 is 0 Å². The first-order valence-electron chi connectivity index (χ1n) is 13.9. The van der Waals surface area contributed by atoms with Gasteiger partial charge in [0, 0.05) is 13.3 Å². The molecular weight excluding hydrogens is 394 g/mol. The minimum Gasteiger partial charge on any atom is -0.351 e. The Morgan fingerprint density at radius 3 is 2.00 bits per heavy atom. The van der Waals surface area contributed by atoms with Crippen LogP contribution in [0.5, 0.6) is 0 Å². The smallest absolute Gasteiger partial charge is 0.217 e. The number of hydrogen-bond acceptors (Lipinski definition) is 2. The van der Waals surface area contributed by atoms with Gasteiger partial charge in [0.05, 0.1) is 19.6 Å². The summed E-state index contributed by atoms with van der Waals surface area (Å²) < 4.78 is 0.995. The van der Waals surface area contributed by atoms with E-state index in [2.05, 4.69) is 31.3 Å². The van der Waals surface area contributed by atoms with Gasteiger partial charge in [-0.2, -0.15) is 0 Å². The van der Waals surface area contributed by atoms with E-state index in [4.69, 9.17) is 4.99 Å². The van der Waals surface area contributed by atoms with Gasteiger partial charge in [-0.3, -0.25) is 9.28 Å². The number of unbranched alkanes of at least 4 members (excludes halogenated alkanes) is 13. The van der Waals surface area contributed by atoms with Gasteiger partial charge in [-0.15, -0.1) is 0 Å². The number of rotatable bonds is 21. The first-order chi connectivity index (χ1) is 15.6. The van der Waals surface area contributed by atoms with Crippen molar-refractivity contribution in [1.82, 2.24) is 5.32 Å². The number of amidine groups is 1. The molecule has 1 atom stereocenters. The molecule has 0 saturated carbocycles. The fourth-order valence-electron chi connectivity index (χ4n) is 4.85. The summed E-state index contributed by atoms with van der Waals surface area (Å²) in [5, 5.41) is 2.97. The van der Waals surface area contributed by atoms with Crippen LogP contribution in [-0.2, 0) is 4.79 Å². The normalized spacial score (nSPS) is 18.4. The largest absolute Gasteiger partial charge is 0.351 e. The van der Waals surface area contributed by atoms with E-state index in [9.17, 15) is 4.79 Å². The lowest BCUT2D eigenvalue weighted by atomic mass is 10.0. The van der Waals surface area contributed by atoms with Gasteiger partial charge in [0.25, 0.3) is 0 Å². The van der Waals surface area contributed by atoms with E-state index in [0.717, 1.165) is 43.6 Å². The molecule has 186 valence electrons. The van der Waals surface area contributed by atoms with Crippen LogP contribution in [0.15, 0.2) is 17.1 Å². The number of amides is 1. The van der Waals surface area contributed by atoms with Crippen molar-refractivity contribution in [3.63, 3.8) is 0 Å². The Balaban J connectivity index is 1.95. The van der Waals surface area contributed by atoms with Crippen LogP contribution < -0.4 is 5.32 Å².